The van der Waals surface area contributed by atoms with Gasteiger partial charge in [0.25, 0.3) is 5.91 Å². The van der Waals surface area contributed by atoms with Crippen molar-refractivity contribution < 1.29 is 14.3 Å². The van der Waals surface area contributed by atoms with Crippen molar-refractivity contribution in [1.29, 1.82) is 0 Å². The summed E-state index contributed by atoms with van der Waals surface area (Å²) in [5, 5.41) is 2.73. The number of para-hydroxylation sites is 1. The van der Waals surface area contributed by atoms with E-state index >= 15 is 0 Å². The molecule has 0 unspecified atom stereocenters. The molecule has 2 aromatic carbocycles. The monoisotopic (exact) mass is 301 g/mol. The highest BCUT2D eigenvalue weighted by atomic mass is 32.2. The van der Waals surface area contributed by atoms with E-state index in [0.717, 1.165) is 4.90 Å². The second-order valence-corrected chi connectivity index (χ2v) is 5.10. The van der Waals surface area contributed by atoms with Gasteiger partial charge in [-0.3, -0.25) is 4.79 Å². The van der Waals surface area contributed by atoms with E-state index in [1.807, 2.05) is 18.4 Å². The largest absolute Gasteiger partial charge is 0.465 e. The van der Waals surface area contributed by atoms with E-state index in [4.69, 9.17) is 4.74 Å². The third-order valence-electron chi connectivity index (χ3n) is 2.93. The maximum absolute atomic E-state index is 12.2. The Hall–Kier alpha value is -2.27. The summed E-state index contributed by atoms with van der Waals surface area (Å²) in [6.45, 7) is 0. The van der Waals surface area contributed by atoms with Crippen LogP contribution >= 0.6 is 11.8 Å². The van der Waals surface area contributed by atoms with Crippen LogP contribution in [0.4, 0.5) is 5.69 Å². The molecule has 0 aromatic heterocycles. The summed E-state index contributed by atoms with van der Waals surface area (Å²) in [7, 11) is 1.31. The standard InChI is InChI=1S/C16H15NO3S/c1-20-16(19)13-5-3-4-6-14(13)17-15(18)11-7-9-12(21-2)10-8-11/h3-10H,1-2H3,(H,17,18). The van der Waals surface area contributed by atoms with Crippen LogP contribution in [0.25, 0.3) is 0 Å². The van der Waals surface area contributed by atoms with Gasteiger partial charge in [-0.05, 0) is 42.7 Å². The molecule has 0 saturated carbocycles. The quantitative estimate of drug-likeness (QED) is 0.694. The predicted octanol–water partition coefficient (Wildman–Crippen LogP) is 3.45. The number of esters is 1. The van der Waals surface area contributed by atoms with Gasteiger partial charge in [-0.1, -0.05) is 12.1 Å². The molecule has 0 aliphatic heterocycles. The molecule has 0 fully saturated rings. The van der Waals surface area contributed by atoms with Crippen molar-refractivity contribution >= 4 is 29.3 Å². The molecule has 21 heavy (non-hydrogen) atoms. The second kappa shape index (κ2) is 6.95. The van der Waals surface area contributed by atoms with Crippen molar-refractivity contribution in [3.63, 3.8) is 0 Å². The molecule has 108 valence electrons. The number of carbonyl (C=O) groups is 2. The van der Waals surface area contributed by atoms with Crippen LogP contribution in [-0.2, 0) is 4.74 Å². The minimum atomic E-state index is -0.483. The van der Waals surface area contributed by atoms with Crippen molar-refractivity contribution in [1.82, 2.24) is 0 Å². The number of hydrogen-bond donors (Lipinski definition) is 1. The summed E-state index contributed by atoms with van der Waals surface area (Å²) >= 11 is 1.61. The first-order valence-electron chi connectivity index (χ1n) is 6.28. The van der Waals surface area contributed by atoms with Crippen LogP contribution in [0.3, 0.4) is 0 Å². The average Bonchev–Trinajstić information content (AvgIpc) is 2.54. The fourth-order valence-corrected chi connectivity index (χ4v) is 2.23. The SMILES string of the molecule is COC(=O)c1ccccc1NC(=O)c1ccc(SC)cc1. The molecule has 2 aromatic rings. The zero-order valence-corrected chi connectivity index (χ0v) is 12.6. The fraction of sp³-hybridized carbons (Fsp3) is 0.125. The van der Waals surface area contributed by atoms with Gasteiger partial charge >= 0.3 is 5.97 Å². The molecule has 0 radical (unpaired) electrons. The van der Waals surface area contributed by atoms with E-state index in [1.165, 1.54) is 7.11 Å². The van der Waals surface area contributed by atoms with Crippen LogP contribution in [0.2, 0.25) is 0 Å². The number of benzene rings is 2. The Bertz CT molecular complexity index is 653. The Morgan fingerprint density at radius 3 is 2.33 bits per heavy atom. The van der Waals surface area contributed by atoms with E-state index in [2.05, 4.69) is 5.32 Å². The zero-order valence-electron chi connectivity index (χ0n) is 11.8. The Balaban J connectivity index is 2.21. The van der Waals surface area contributed by atoms with Crippen LogP contribution < -0.4 is 5.32 Å². The first-order valence-corrected chi connectivity index (χ1v) is 7.51. The maximum atomic E-state index is 12.2. The number of amides is 1. The van der Waals surface area contributed by atoms with E-state index in [-0.39, 0.29) is 5.91 Å². The van der Waals surface area contributed by atoms with Gasteiger partial charge in [-0.15, -0.1) is 11.8 Å². The Labute approximate surface area is 127 Å². The topological polar surface area (TPSA) is 55.4 Å². The van der Waals surface area contributed by atoms with Crippen LogP contribution in [0, 0.1) is 0 Å². The third kappa shape index (κ3) is 3.64. The number of ether oxygens (including phenoxy) is 1. The van der Waals surface area contributed by atoms with Crippen LogP contribution in [0.15, 0.2) is 53.4 Å². The van der Waals surface area contributed by atoms with Crippen molar-refractivity contribution in [2.75, 3.05) is 18.7 Å². The molecule has 0 heterocycles. The molecule has 1 amide bonds. The molecular formula is C16H15NO3S. The van der Waals surface area contributed by atoms with Gasteiger partial charge in [0.1, 0.15) is 0 Å². The average molecular weight is 301 g/mol. The fourth-order valence-electron chi connectivity index (χ4n) is 1.82. The van der Waals surface area contributed by atoms with Gasteiger partial charge in [0.15, 0.2) is 0 Å². The number of rotatable bonds is 4. The van der Waals surface area contributed by atoms with Crippen molar-refractivity contribution in [3.8, 4) is 0 Å². The summed E-state index contributed by atoms with van der Waals surface area (Å²) in [5.41, 5.74) is 1.30. The molecule has 0 atom stereocenters. The predicted molar refractivity (Wildman–Crippen MR) is 84.0 cm³/mol. The van der Waals surface area contributed by atoms with Crippen molar-refractivity contribution in [3.05, 3.63) is 59.7 Å². The summed E-state index contributed by atoms with van der Waals surface area (Å²) in [6, 6.07) is 14.0. The molecule has 4 nitrogen and oxygen atoms in total. The van der Waals surface area contributed by atoms with Gasteiger partial charge in [0.2, 0.25) is 0 Å². The highest BCUT2D eigenvalue weighted by molar-refractivity contribution is 7.98. The summed E-state index contributed by atoms with van der Waals surface area (Å²) in [4.78, 5) is 25.0. The van der Waals surface area contributed by atoms with Crippen LogP contribution in [-0.4, -0.2) is 25.2 Å². The normalized spacial score (nSPS) is 10.0. The lowest BCUT2D eigenvalue weighted by Crippen LogP contribution is -2.15. The minimum Gasteiger partial charge on any atom is -0.465 e. The van der Waals surface area contributed by atoms with Gasteiger partial charge < -0.3 is 10.1 Å². The molecule has 2 rings (SSSR count). The molecule has 0 bridgehead atoms. The van der Waals surface area contributed by atoms with Gasteiger partial charge in [-0.25, -0.2) is 4.79 Å². The molecule has 0 aliphatic rings. The van der Waals surface area contributed by atoms with Crippen molar-refractivity contribution in [2.24, 2.45) is 0 Å². The van der Waals surface area contributed by atoms with Gasteiger partial charge in [-0.2, -0.15) is 0 Å². The maximum Gasteiger partial charge on any atom is 0.339 e. The number of anilines is 1. The lowest BCUT2D eigenvalue weighted by Gasteiger charge is -2.09. The Morgan fingerprint density at radius 2 is 1.71 bits per heavy atom. The van der Waals surface area contributed by atoms with E-state index < -0.39 is 5.97 Å². The van der Waals surface area contributed by atoms with Crippen molar-refractivity contribution in [2.45, 2.75) is 4.90 Å². The number of thioether (sulfide) groups is 1. The van der Waals surface area contributed by atoms with E-state index in [1.54, 1.807) is 48.2 Å². The van der Waals surface area contributed by atoms with E-state index in [9.17, 15) is 9.59 Å². The lowest BCUT2D eigenvalue weighted by atomic mass is 10.1. The molecular weight excluding hydrogens is 286 g/mol. The third-order valence-corrected chi connectivity index (χ3v) is 3.68. The lowest BCUT2D eigenvalue weighted by molar-refractivity contribution is 0.0602. The minimum absolute atomic E-state index is 0.265. The number of nitrogens with one attached hydrogen (secondary N) is 1. The summed E-state index contributed by atoms with van der Waals surface area (Å²) in [6.07, 6.45) is 1.97. The summed E-state index contributed by atoms with van der Waals surface area (Å²) in [5.74, 6) is -0.748. The zero-order chi connectivity index (χ0) is 15.2. The molecule has 0 aliphatic carbocycles. The highest BCUT2D eigenvalue weighted by Crippen LogP contribution is 2.19. The van der Waals surface area contributed by atoms with Gasteiger partial charge in [0, 0.05) is 10.5 Å². The Kier molecular flexibility index (Phi) is 5.00. The first-order chi connectivity index (χ1) is 10.2. The highest BCUT2D eigenvalue weighted by Gasteiger charge is 2.14. The molecule has 0 spiro atoms. The smallest absolute Gasteiger partial charge is 0.339 e. The van der Waals surface area contributed by atoms with Gasteiger partial charge in [0.05, 0.1) is 18.4 Å². The molecule has 1 N–H and O–H groups in total. The second-order valence-electron chi connectivity index (χ2n) is 4.22. The Morgan fingerprint density at radius 1 is 1.05 bits per heavy atom. The number of methoxy groups -OCH3 is 1. The molecule has 0 saturated heterocycles. The first kappa shape index (κ1) is 15.1. The number of hydrogen-bond acceptors (Lipinski definition) is 4. The molecule has 5 heteroatoms. The van der Waals surface area contributed by atoms with E-state index in [0.29, 0.717) is 16.8 Å². The number of carbonyl (C=O) groups excluding carboxylic acids is 2. The summed E-state index contributed by atoms with van der Waals surface area (Å²) < 4.78 is 4.70. The van der Waals surface area contributed by atoms with Crippen LogP contribution in [0.1, 0.15) is 20.7 Å². The van der Waals surface area contributed by atoms with Crippen LogP contribution in [0.5, 0.6) is 0 Å².